The van der Waals surface area contributed by atoms with E-state index in [-0.39, 0.29) is 17.4 Å². The molecule has 0 aliphatic carbocycles. The molecule has 1 aliphatic heterocycles. The van der Waals surface area contributed by atoms with Crippen molar-refractivity contribution in [2.45, 2.75) is 46.1 Å². The first kappa shape index (κ1) is 15.0. The highest BCUT2D eigenvalue weighted by Crippen LogP contribution is 2.25. The van der Waals surface area contributed by atoms with Crippen LogP contribution in [-0.4, -0.2) is 23.5 Å². The quantitative estimate of drug-likeness (QED) is 0.914. The SMILES string of the molecule is CC(C)(C)Cc1nc2cc(NC(=O)C3CCCN3)ccc2o1. The van der Waals surface area contributed by atoms with Crippen LogP contribution in [-0.2, 0) is 11.2 Å². The molecule has 1 aromatic heterocycles. The molecular weight excluding hydrogens is 278 g/mol. The van der Waals surface area contributed by atoms with Crippen LogP contribution in [0.5, 0.6) is 0 Å². The van der Waals surface area contributed by atoms with E-state index in [0.717, 1.165) is 48.5 Å². The molecule has 2 aromatic rings. The molecule has 1 unspecified atom stereocenters. The van der Waals surface area contributed by atoms with Gasteiger partial charge in [-0.1, -0.05) is 20.8 Å². The van der Waals surface area contributed by atoms with E-state index < -0.39 is 0 Å². The van der Waals surface area contributed by atoms with Gasteiger partial charge < -0.3 is 15.1 Å². The Morgan fingerprint density at radius 3 is 2.95 bits per heavy atom. The Morgan fingerprint density at radius 1 is 1.45 bits per heavy atom. The van der Waals surface area contributed by atoms with Gasteiger partial charge in [-0.2, -0.15) is 0 Å². The molecule has 1 aromatic carbocycles. The molecule has 22 heavy (non-hydrogen) atoms. The van der Waals surface area contributed by atoms with Gasteiger partial charge in [-0.15, -0.1) is 0 Å². The maximum Gasteiger partial charge on any atom is 0.241 e. The van der Waals surface area contributed by atoms with Gasteiger partial charge in [0, 0.05) is 12.1 Å². The van der Waals surface area contributed by atoms with Gasteiger partial charge in [0.25, 0.3) is 0 Å². The minimum atomic E-state index is -0.0792. The van der Waals surface area contributed by atoms with Gasteiger partial charge in [0.05, 0.1) is 6.04 Å². The monoisotopic (exact) mass is 301 g/mol. The predicted molar refractivity (Wildman–Crippen MR) is 86.8 cm³/mol. The van der Waals surface area contributed by atoms with Gasteiger partial charge in [-0.05, 0) is 43.0 Å². The number of oxazole rings is 1. The number of fused-ring (bicyclic) bond motifs is 1. The first-order chi connectivity index (χ1) is 10.4. The van der Waals surface area contributed by atoms with Crippen LogP contribution in [0.2, 0.25) is 0 Å². The molecule has 2 N–H and O–H groups in total. The number of amides is 1. The molecule has 0 saturated carbocycles. The molecule has 1 fully saturated rings. The van der Waals surface area contributed by atoms with Crippen LogP contribution in [0.3, 0.4) is 0 Å². The number of hydrogen-bond acceptors (Lipinski definition) is 4. The summed E-state index contributed by atoms with van der Waals surface area (Å²) < 4.78 is 5.77. The van der Waals surface area contributed by atoms with Crippen LogP contribution in [0, 0.1) is 5.41 Å². The number of rotatable bonds is 3. The van der Waals surface area contributed by atoms with Crippen molar-refractivity contribution in [1.82, 2.24) is 10.3 Å². The highest BCUT2D eigenvalue weighted by molar-refractivity contribution is 5.96. The zero-order valence-corrected chi connectivity index (χ0v) is 13.4. The van der Waals surface area contributed by atoms with Crippen molar-refractivity contribution in [2.75, 3.05) is 11.9 Å². The number of hydrogen-bond donors (Lipinski definition) is 2. The summed E-state index contributed by atoms with van der Waals surface area (Å²) in [5.74, 6) is 0.763. The van der Waals surface area contributed by atoms with Gasteiger partial charge in [0.2, 0.25) is 5.91 Å². The average molecular weight is 301 g/mol. The van der Waals surface area contributed by atoms with E-state index in [9.17, 15) is 4.79 Å². The summed E-state index contributed by atoms with van der Waals surface area (Å²) in [6.07, 6.45) is 2.74. The number of carbonyl (C=O) groups is 1. The van der Waals surface area contributed by atoms with E-state index in [1.165, 1.54) is 0 Å². The fourth-order valence-electron chi connectivity index (χ4n) is 2.72. The van der Waals surface area contributed by atoms with Crippen molar-refractivity contribution >= 4 is 22.7 Å². The third-order valence-electron chi connectivity index (χ3n) is 3.76. The number of benzene rings is 1. The smallest absolute Gasteiger partial charge is 0.241 e. The van der Waals surface area contributed by atoms with E-state index in [1.807, 2.05) is 18.2 Å². The Morgan fingerprint density at radius 2 is 2.27 bits per heavy atom. The molecule has 118 valence electrons. The van der Waals surface area contributed by atoms with Crippen molar-refractivity contribution in [3.05, 3.63) is 24.1 Å². The second kappa shape index (κ2) is 5.72. The van der Waals surface area contributed by atoms with Gasteiger partial charge in [-0.3, -0.25) is 4.79 Å². The van der Waals surface area contributed by atoms with Crippen molar-refractivity contribution in [3.63, 3.8) is 0 Å². The van der Waals surface area contributed by atoms with Crippen molar-refractivity contribution in [2.24, 2.45) is 5.41 Å². The van der Waals surface area contributed by atoms with E-state index in [1.54, 1.807) is 0 Å². The lowest BCUT2D eigenvalue weighted by Crippen LogP contribution is -2.35. The zero-order chi connectivity index (χ0) is 15.7. The van der Waals surface area contributed by atoms with Crippen LogP contribution in [0.1, 0.15) is 39.5 Å². The summed E-state index contributed by atoms with van der Waals surface area (Å²) in [6, 6.07) is 5.52. The summed E-state index contributed by atoms with van der Waals surface area (Å²) in [4.78, 5) is 16.7. The zero-order valence-electron chi connectivity index (χ0n) is 13.4. The summed E-state index contributed by atoms with van der Waals surface area (Å²) in [6.45, 7) is 7.38. The molecule has 1 aliphatic rings. The standard InChI is InChI=1S/C17H23N3O2/c1-17(2,3)10-15-20-13-9-11(6-7-14(13)22-15)19-16(21)12-5-4-8-18-12/h6-7,9,12,18H,4-5,8,10H2,1-3H3,(H,19,21). The normalized spacial score (nSPS) is 18.8. The Balaban J connectivity index is 1.76. The van der Waals surface area contributed by atoms with Crippen LogP contribution in [0.4, 0.5) is 5.69 Å². The first-order valence-electron chi connectivity index (χ1n) is 7.84. The highest BCUT2D eigenvalue weighted by Gasteiger charge is 2.22. The molecule has 0 bridgehead atoms. The van der Waals surface area contributed by atoms with Crippen LogP contribution in [0.15, 0.2) is 22.6 Å². The molecule has 5 heteroatoms. The van der Waals surface area contributed by atoms with Gasteiger partial charge in [0.15, 0.2) is 11.5 Å². The number of nitrogens with zero attached hydrogens (tertiary/aromatic N) is 1. The predicted octanol–water partition coefficient (Wildman–Crippen LogP) is 3.11. The van der Waals surface area contributed by atoms with Crippen molar-refractivity contribution in [1.29, 1.82) is 0 Å². The number of carbonyl (C=O) groups excluding carboxylic acids is 1. The summed E-state index contributed by atoms with van der Waals surface area (Å²) >= 11 is 0. The first-order valence-corrected chi connectivity index (χ1v) is 7.84. The summed E-state index contributed by atoms with van der Waals surface area (Å²) in [5, 5.41) is 6.15. The number of nitrogens with one attached hydrogen (secondary N) is 2. The van der Waals surface area contributed by atoms with Gasteiger partial charge in [-0.25, -0.2) is 4.98 Å². The third-order valence-corrected chi connectivity index (χ3v) is 3.76. The Bertz CT molecular complexity index is 679. The van der Waals surface area contributed by atoms with Gasteiger partial charge in [0.1, 0.15) is 5.52 Å². The average Bonchev–Trinajstić information content (AvgIpc) is 3.04. The fraction of sp³-hybridized carbons (Fsp3) is 0.529. The van der Waals surface area contributed by atoms with Crippen LogP contribution in [0.25, 0.3) is 11.1 Å². The largest absolute Gasteiger partial charge is 0.441 e. The van der Waals surface area contributed by atoms with E-state index >= 15 is 0 Å². The fourth-order valence-corrected chi connectivity index (χ4v) is 2.72. The van der Waals surface area contributed by atoms with Crippen LogP contribution >= 0.6 is 0 Å². The Hall–Kier alpha value is -1.88. The van der Waals surface area contributed by atoms with E-state index in [0.29, 0.717) is 0 Å². The third kappa shape index (κ3) is 3.47. The minimum Gasteiger partial charge on any atom is -0.441 e. The minimum absolute atomic E-state index is 0.0234. The maximum absolute atomic E-state index is 12.1. The summed E-state index contributed by atoms with van der Waals surface area (Å²) in [7, 11) is 0. The molecule has 2 heterocycles. The van der Waals surface area contributed by atoms with Gasteiger partial charge >= 0.3 is 0 Å². The molecule has 3 rings (SSSR count). The Labute approximate surface area is 130 Å². The lowest BCUT2D eigenvalue weighted by Gasteiger charge is -2.14. The molecule has 5 nitrogen and oxygen atoms in total. The molecule has 1 atom stereocenters. The van der Waals surface area contributed by atoms with Crippen molar-refractivity contribution < 1.29 is 9.21 Å². The Kier molecular flexibility index (Phi) is 3.91. The second-order valence-corrected chi connectivity index (χ2v) is 7.17. The van der Waals surface area contributed by atoms with Crippen LogP contribution < -0.4 is 10.6 Å². The molecule has 0 spiro atoms. The van der Waals surface area contributed by atoms with E-state index in [2.05, 4.69) is 36.4 Å². The maximum atomic E-state index is 12.1. The molecule has 0 radical (unpaired) electrons. The second-order valence-electron chi connectivity index (χ2n) is 7.17. The highest BCUT2D eigenvalue weighted by atomic mass is 16.3. The van der Waals surface area contributed by atoms with E-state index in [4.69, 9.17) is 4.42 Å². The summed E-state index contributed by atoms with van der Waals surface area (Å²) in [5.41, 5.74) is 2.45. The topological polar surface area (TPSA) is 67.2 Å². The lowest BCUT2D eigenvalue weighted by atomic mass is 9.92. The van der Waals surface area contributed by atoms with Crippen molar-refractivity contribution in [3.8, 4) is 0 Å². The molecular formula is C17H23N3O2. The molecule has 1 saturated heterocycles. The lowest BCUT2D eigenvalue weighted by molar-refractivity contribution is -0.117. The number of anilines is 1. The molecule has 1 amide bonds. The number of aromatic nitrogens is 1.